The van der Waals surface area contributed by atoms with Gasteiger partial charge in [-0.25, -0.2) is 0 Å². The van der Waals surface area contributed by atoms with Crippen molar-refractivity contribution in [3.8, 4) is 0 Å². The number of nitrogens with zero attached hydrogens (tertiary/aromatic N) is 1. The summed E-state index contributed by atoms with van der Waals surface area (Å²) in [5, 5.41) is 10.4. The van der Waals surface area contributed by atoms with E-state index in [4.69, 9.17) is 4.74 Å². The van der Waals surface area contributed by atoms with Crippen LogP contribution in [0, 0.1) is 0 Å². The van der Waals surface area contributed by atoms with Gasteiger partial charge in [0.25, 0.3) is 0 Å². The normalized spacial score (nSPS) is 17.8. The highest BCUT2D eigenvalue weighted by molar-refractivity contribution is 9.10. The summed E-state index contributed by atoms with van der Waals surface area (Å²) in [7, 11) is 1.74. The fourth-order valence-corrected chi connectivity index (χ4v) is 2.84. The Kier molecular flexibility index (Phi) is 5.18. The van der Waals surface area contributed by atoms with E-state index in [1.54, 1.807) is 11.9 Å². The molecule has 0 atom stereocenters. The number of hydrogen-bond acceptors (Lipinski definition) is 3. The van der Waals surface area contributed by atoms with Gasteiger partial charge in [0, 0.05) is 44.1 Å². The van der Waals surface area contributed by atoms with Crippen molar-refractivity contribution in [3.63, 3.8) is 0 Å². The molecule has 0 aromatic heterocycles. The van der Waals surface area contributed by atoms with Gasteiger partial charge in [0.15, 0.2) is 0 Å². The lowest BCUT2D eigenvalue weighted by molar-refractivity contribution is -0.136. The van der Waals surface area contributed by atoms with Crippen molar-refractivity contribution < 1.29 is 14.6 Å². The van der Waals surface area contributed by atoms with Crippen LogP contribution in [-0.4, -0.2) is 48.3 Å². The molecular weight excluding hydrogens is 322 g/mol. The van der Waals surface area contributed by atoms with Gasteiger partial charge in [-0.05, 0) is 17.7 Å². The molecule has 1 amide bonds. The number of benzene rings is 1. The van der Waals surface area contributed by atoms with Crippen LogP contribution in [0.25, 0.3) is 0 Å². The third kappa shape index (κ3) is 4.30. The zero-order valence-electron chi connectivity index (χ0n) is 11.6. The zero-order valence-corrected chi connectivity index (χ0v) is 13.2. The zero-order chi connectivity index (χ0) is 14.6. The maximum atomic E-state index is 12.2. The van der Waals surface area contributed by atoms with Crippen LogP contribution < -0.4 is 0 Å². The molecule has 1 aromatic carbocycles. The molecule has 0 aliphatic carbocycles. The molecule has 4 nitrogen and oxygen atoms in total. The molecule has 1 aromatic rings. The first kappa shape index (κ1) is 15.5. The maximum Gasteiger partial charge on any atom is 0.226 e. The quantitative estimate of drug-likeness (QED) is 0.911. The van der Waals surface area contributed by atoms with Gasteiger partial charge in [-0.15, -0.1) is 0 Å². The summed E-state index contributed by atoms with van der Waals surface area (Å²) in [6.07, 6.45) is 1.52. The van der Waals surface area contributed by atoms with Gasteiger partial charge in [0.05, 0.1) is 12.0 Å². The molecule has 1 saturated heterocycles. The summed E-state index contributed by atoms with van der Waals surface area (Å²) in [4.78, 5) is 13.8. The van der Waals surface area contributed by atoms with E-state index in [1.807, 2.05) is 24.3 Å². The number of ether oxygens (including phenoxy) is 1. The van der Waals surface area contributed by atoms with Crippen LogP contribution in [-0.2, 0) is 16.0 Å². The number of likely N-dealkylation sites (N-methyl/N-ethyl adjacent to an activating group) is 1. The van der Waals surface area contributed by atoms with Gasteiger partial charge in [0.2, 0.25) is 5.91 Å². The molecule has 2 rings (SSSR count). The van der Waals surface area contributed by atoms with Crippen LogP contribution >= 0.6 is 15.9 Å². The minimum Gasteiger partial charge on any atom is -0.388 e. The van der Waals surface area contributed by atoms with Crippen LogP contribution in [0.3, 0.4) is 0 Å². The Labute approximate surface area is 127 Å². The summed E-state index contributed by atoms with van der Waals surface area (Å²) >= 11 is 3.40. The van der Waals surface area contributed by atoms with Crippen molar-refractivity contribution in [2.45, 2.75) is 24.9 Å². The second-order valence-electron chi connectivity index (χ2n) is 5.39. The number of rotatable bonds is 4. The molecule has 110 valence electrons. The number of carbonyl (C=O) groups excluding carboxylic acids is 1. The van der Waals surface area contributed by atoms with E-state index in [-0.39, 0.29) is 5.91 Å². The van der Waals surface area contributed by atoms with Gasteiger partial charge < -0.3 is 14.7 Å². The molecule has 20 heavy (non-hydrogen) atoms. The number of amides is 1. The van der Waals surface area contributed by atoms with Crippen molar-refractivity contribution in [3.05, 3.63) is 34.3 Å². The van der Waals surface area contributed by atoms with Crippen LogP contribution in [0.2, 0.25) is 0 Å². The van der Waals surface area contributed by atoms with Crippen LogP contribution in [0.1, 0.15) is 18.4 Å². The predicted molar refractivity (Wildman–Crippen MR) is 80.5 cm³/mol. The average molecular weight is 342 g/mol. The minimum atomic E-state index is -0.806. The number of carbonyl (C=O) groups is 1. The monoisotopic (exact) mass is 341 g/mol. The first-order valence-corrected chi connectivity index (χ1v) is 7.56. The molecule has 1 N–H and O–H groups in total. The van der Waals surface area contributed by atoms with Crippen molar-refractivity contribution in [1.29, 1.82) is 0 Å². The summed E-state index contributed by atoms with van der Waals surface area (Å²) in [6.45, 7) is 1.48. The van der Waals surface area contributed by atoms with Gasteiger partial charge in [-0.3, -0.25) is 4.79 Å². The molecular formula is C15H20BrNO3. The third-order valence-corrected chi connectivity index (χ3v) is 4.12. The maximum absolute atomic E-state index is 12.2. The van der Waals surface area contributed by atoms with Crippen molar-refractivity contribution in [2.24, 2.45) is 0 Å². The minimum absolute atomic E-state index is 0.0167. The van der Waals surface area contributed by atoms with E-state index in [1.165, 1.54) is 0 Å². The Bertz CT molecular complexity index is 472. The molecule has 1 heterocycles. The Morgan fingerprint density at radius 1 is 1.45 bits per heavy atom. The summed E-state index contributed by atoms with van der Waals surface area (Å²) in [5.74, 6) is 0.0167. The first-order chi connectivity index (χ1) is 9.48. The average Bonchev–Trinajstić information content (AvgIpc) is 2.39. The van der Waals surface area contributed by atoms with Crippen molar-refractivity contribution in [2.75, 3.05) is 26.8 Å². The van der Waals surface area contributed by atoms with Gasteiger partial charge >= 0.3 is 0 Å². The lowest BCUT2D eigenvalue weighted by atomic mass is 9.94. The Morgan fingerprint density at radius 2 is 2.15 bits per heavy atom. The molecule has 0 spiro atoms. The van der Waals surface area contributed by atoms with Crippen LogP contribution in [0.15, 0.2) is 28.7 Å². The summed E-state index contributed by atoms with van der Waals surface area (Å²) in [5.41, 5.74) is 0.162. The van der Waals surface area contributed by atoms with Gasteiger partial charge in [0.1, 0.15) is 0 Å². The summed E-state index contributed by atoms with van der Waals surface area (Å²) < 4.78 is 6.21. The standard InChI is InChI=1S/C15H20BrNO3/c1-17(11-15(19)5-7-20-8-6-15)14(18)10-12-3-2-4-13(16)9-12/h2-4,9,19H,5-8,10-11H2,1H3. The number of aliphatic hydroxyl groups is 1. The lowest BCUT2D eigenvalue weighted by Crippen LogP contribution is -2.47. The molecule has 0 unspecified atom stereocenters. The molecule has 0 radical (unpaired) electrons. The third-order valence-electron chi connectivity index (χ3n) is 3.63. The van der Waals surface area contributed by atoms with Gasteiger partial charge in [-0.1, -0.05) is 28.1 Å². The molecule has 0 saturated carbocycles. The number of halogens is 1. The highest BCUT2D eigenvalue weighted by Gasteiger charge is 2.32. The van der Waals surface area contributed by atoms with Gasteiger partial charge in [-0.2, -0.15) is 0 Å². The van der Waals surface area contributed by atoms with Crippen molar-refractivity contribution >= 4 is 21.8 Å². The van der Waals surface area contributed by atoms with E-state index in [2.05, 4.69) is 15.9 Å². The van der Waals surface area contributed by atoms with Crippen molar-refractivity contribution in [1.82, 2.24) is 4.90 Å². The molecule has 0 bridgehead atoms. The second kappa shape index (κ2) is 6.70. The number of hydrogen-bond donors (Lipinski definition) is 1. The largest absolute Gasteiger partial charge is 0.388 e. The predicted octanol–water partition coefficient (Wildman–Crippen LogP) is 1.99. The Morgan fingerprint density at radius 3 is 2.80 bits per heavy atom. The van der Waals surface area contributed by atoms with E-state index >= 15 is 0 Å². The second-order valence-corrected chi connectivity index (χ2v) is 6.31. The summed E-state index contributed by atoms with van der Waals surface area (Å²) in [6, 6.07) is 7.72. The smallest absolute Gasteiger partial charge is 0.226 e. The SMILES string of the molecule is CN(CC1(O)CCOCC1)C(=O)Cc1cccc(Br)c1. The highest BCUT2D eigenvalue weighted by Crippen LogP contribution is 2.21. The molecule has 1 fully saturated rings. The first-order valence-electron chi connectivity index (χ1n) is 6.77. The highest BCUT2D eigenvalue weighted by atomic mass is 79.9. The van der Waals surface area contributed by atoms with Crippen LogP contribution in [0.4, 0.5) is 0 Å². The van der Waals surface area contributed by atoms with E-state index in [9.17, 15) is 9.90 Å². The molecule has 1 aliphatic rings. The lowest BCUT2D eigenvalue weighted by Gasteiger charge is -2.35. The van der Waals surface area contributed by atoms with E-state index in [0.29, 0.717) is 39.0 Å². The van der Waals surface area contributed by atoms with Crippen LogP contribution in [0.5, 0.6) is 0 Å². The van der Waals surface area contributed by atoms with E-state index in [0.717, 1.165) is 10.0 Å². The fraction of sp³-hybridized carbons (Fsp3) is 0.533. The Balaban J connectivity index is 1.91. The topological polar surface area (TPSA) is 49.8 Å². The van der Waals surface area contributed by atoms with E-state index < -0.39 is 5.60 Å². The molecule has 1 aliphatic heterocycles. The molecule has 5 heteroatoms. The fourth-order valence-electron chi connectivity index (χ4n) is 2.40. The Hall–Kier alpha value is -0.910.